The van der Waals surface area contributed by atoms with Crippen LogP contribution in [-0.4, -0.2) is 59.8 Å². The number of carboxylic acids is 1. The Hall–Kier alpha value is -1.81. The number of ether oxygens (including phenoxy) is 1. The maximum absolute atomic E-state index is 11.9. The number of nitrogens with one attached hydrogen (secondary N) is 2. The zero-order chi connectivity index (χ0) is 17.8. The first-order valence-electron chi connectivity index (χ1n) is 7.13. The second-order valence-corrected chi connectivity index (χ2v) is 5.09. The Morgan fingerprint density at radius 2 is 1.91 bits per heavy atom. The normalized spacial score (nSPS) is 12.8. The summed E-state index contributed by atoms with van der Waals surface area (Å²) >= 11 is 4.01. The number of carboxylic acid groups (broad SMARTS) is 1. The van der Waals surface area contributed by atoms with Crippen LogP contribution in [-0.2, 0) is 23.9 Å². The predicted octanol–water partition coefficient (Wildman–Crippen LogP) is -1.34. The lowest BCUT2D eigenvalue weighted by Gasteiger charge is -2.17. The van der Waals surface area contributed by atoms with Crippen LogP contribution in [0.4, 0.5) is 0 Å². The number of hydrogen-bond acceptors (Lipinski definition) is 7. The second-order valence-electron chi connectivity index (χ2n) is 4.64. The molecule has 2 amide bonds. The molecule has 0 saturated carbocycles. The van der Waals surface area contributed by atoms with E-state index in [1.165, 1.54) is 0 Å². The highest BCUT2D eigenvalue weighted by Crippen LogP contribution is 1.99. The molecule has 0 aliphatic rings. The Balaban J connectivity index is 4.37. The molecule has 0 aliphatic carbocycles. The first-order chi connectivity index (χ1) is 10.8. The van der Waals surface area contributed by atoms with E-state index in [-0.39, 0.29) is 32.4 Å². The Kier molecular flexibility index (Phi) is 10.8. The Morgan fingerprint density at radius 3 is 2.43 bits per heavy atom. The fourth-order valence-electron chi connectivity index (χ4n) is 1.57. The lowest BCUT2D eigenvalue weighted by molar-refractivity contribution is -0.143. The molecule has 0 aromatic rings. The number of hydrogen-bond donors (Lipinski definition) is 5. The summed E-state index contributed by atoms with van der Waals surface area (Å²) < 4.78 is 4.67. The fraction of sp³-hybridized carbons (Fsp3) is 0.692. The van der Waals surface area contributed by atoms with E-state index in [2.05, 4.69) is 28.0 Å². The molecule has 0 rings (SSSR count). The first-order valence-corrected chi connectivity index (χ1v) is 7.77. The van der Waals surface area contributed by atoms with Crippen LogP contribution in [0.25, 0.3) is 0 Å². The van der Waals surface area contributed by atoms with Crippen LogP contribution in [0.15, 0.2) is 0 Å². The standard InChI is InChI=1S/C13H23N3O6S/c1-2-22-11(18)7-15-12(19)9(5-6-23)16-10(17)4-3-8(14)13(20)21/h8-9,23H,2-7,14H2,1H3,(H,15,19)(H,16,17)(H,20,21)/t8-,9-/m0/s1. The number of thiol groups is 1. The van der Waals surface area contributed by atoms with Gasteiger partial charge in [0.05, 0.1) is 6.61 Å². The largest absolute Gasteiger partial charge is 0.480 e. The van der Waals surface area contributed by atoms with Crippen molar-refractivity contribution in [3.8, 4) is 0 Å². The van der Waals surface area contributed by atoms with Gasteiger partial charge in [-0.2, -0.15) is 12.6 Å². The molecule has 0 heterocycles. The third-order valence-electron chi connectivity index (χ3n) is 2.78. The summed E-state index contributed by atoms with van der Waals surface area (Å²) in [5, 5.41) is 13.5. The van der Waals surface area contributed by atoms with Crippen LogP contribution in [0.1, 0.15) is 26.2 Å². The molecule has 5 N–H and O–H groups in total. The van der Waals surface area contributed by atoms with Gasteiger partial charge in [-0.15, -0.1) is 0 Å². The quantitative estimate of drug-likeness (QED) is 0.229. The van der Waals surface area contributed by atoms with Gasteiger partial charge < -0.3 is 26.2 Å². The molecular formula is C13H23N3O6S. The summed E-state index contributed by atoms with van der Waals surface area (Å²) in [6.45, 7) is 1.55. The molecule has 0 fully saturated rings. The van der Waals surface area contributed by atoms with Crippen LogP contribution < -0.4 is 16.4 Å². The van der Waals surface area contributed by atoms with Gasteiger partial charge in [-0.25, -0.2) is 0 Å². The maximum Gasteiger partial charge on any atom is 0.325 e. The fourth-order valence-corrected chi connectivity index (χ4v) is 1.83. The highest BCUT2D eigenvalue weighted by Gasteiger charge is 2.21. The van der Waals surface area contributed by atoms with E-state index < -0.39 is 35.8 Å². The molecular weight excluding hydrogens is 326 g/mol. The molecule has 23 heavy (non-hydrogen) atoms. The average molecular weight is 349 g/mol. The van der Waals surface area contributed by atoms with Gasteiger partial charge in [-0.3, -0.25) is 19.2 Å². The van der Waals surface area contributed by atoms with Crippen molar-refractivity contribution in [1.82, 2.24) is 10.6 Å². The lowest BCUT2D eigenvalue weighted by atomic mass is 10.1. The molecule has 0 saturated heterocycles. The van der Waals surface area contributed by atoms with Gasteiger partial charge in [0.15, 0.2) is 0 Å². The summed E-state index contributed by atoms with van der Waals surface area (Å²) in [4.78, 5) is 45.4. The highest BCUT2D eigenvalue weighted by atomic mass is 32.1. The minimum absolute atomic E-state index is 0.0425. The molecule has 10 heteroatoms. The average Bonchev–Trinajstić information content (AvgIpc) is 2.49. The Labute approximate surface area is 139 Å². The van der Waals surface area contributed by atoms with Crippen molar-refractivity contribution < 1.29 is 29.0 Å². The number of rotatable bonds is 11. The van der Waals surface area contributed by atoms with Gasteiger partial charge >= 0.3 is 11.9 Å². The summed E-state index contributed by atoms with van der Waals surface area (Å²) in [5.74, 6) is -2.48. The smallest absolute Gasteiger partial charge is 0.325 e. The molecule has 0 aromatic heterocycles. The van der Waals surface area contributed by atoms with E-state index in [4.69, 9.17) is 10.8 Å². The van der Waals surface area contributed by atoms with Crippen molar-refractivity contribution in [2.24, 2.45) is 5.73 Å². The number of amides is 2. The topological polar surface area (TPSA) is 148 Å². The van der Waals surface area contributed by atoms with Crippen LogP contribution in [0.5, 0.6) is 0 Å². The lowest BCUT2D eigenvalue weighted by Crippen LogP contribution is -2.48. The monoisotopic (exact) mass is 349 g/mol. The van der Waals surface area contributed by atoms with Gasteiger partial charge in [0.25, 0.3) is 0 Å². The number of carbonyl (C=O) groups excluding carboxylic acids is 3. The second kappa shape index (κ2) is 11.7. The van der Waals surface area contributed by atoms with Crippen molar-refractivity contribution in [1.29, 1.82) is 0 Å². The summed E-state index contributed by atoms with van der Waals surface area (Å²) in [6.07, 6.45) is 0.0927. The van der Waals surface area contributed by atoms with E-state index in [0.29, 0.717) is 5.75 Å². The first kappa shape index (κ1) is 21.2. The van der Waals surface area contributed by atoms with Gasteiger partial charge in [0.2, 0.25) is 11.8 Å². The number of aliphatic carboxylic acids is 1. The number of esters is 1. The van der Waals surface area contributed by atoms with Crippen molar-refractivity contribution in [3.05, 3.63) is 0 Å². The number of carbonyl (C=O) groups is 4. The molecule has 132 valence electrons. The zero-order valence-corrected chi connectivity index (χ0v) is 13.8. The van der Waals surface area contributed by atoms with Crippen molar-refractivity contribution >= 4 is 36.4 Å². The Bertz CT molecular complexity index is 432. The Morgan fingerprint density at radius 1 is 1.26 bits per heavy atom. The van der Waals surface area contributed by atoms with Gasteiger partial charge in [0.1, 0.15) is 18.6 Å². The summed E-state index contributed by atoms with van der Waals surface area (Å²) in [7, 11) is 0. The van der Waals surface area contributed by atoms with Gasteiger partial charge in [-0.1, -0.05) is 0 Å². The molecule has 0 unspecified atom stereocenters. The number of nitrogens with two attached hydrogens (primary N) is 1. The van der Waals surface area contributed by atoms with Crippen LogP contribution in [0.3, 0.4) is 0 Å². The van der Waals surface area contributed by atoms with Gasteiger partial charge in [-0.05, 0) is 25.5 Å². The van der Waals surface area contributed by atoms with E-state index in [9.17, 15) is 19.2 Å². The molecule has 2 atom stereocenters. The maximum atomic E-state index is 11.9. The zero-order valence-electron chi connectivity index (χ0n) is 12.9. The molecule has 0 spiro atoms. The SMILES string of the molecule is CCOC(=O)CNC(=O)[C@H](CCS)NC(=O)CC[C@H](N)C(=O)O. The van der Waals surface area contributed by atoms with E-state index in [1.54, 1.807) is 6.92 Å². The van der Waals surface area contributed by atoms with E-state index in [1.807, 2.05) is 0 Å². The van der Waals surface area contributed by atoms with E-state index >= 15 is 0 Å². The minimum atomic E-state index is -1.20. The molecule has 0 aromatic carbocycles. The third-order valence-corrected chi connectivity index (χ3v) is 3.04. The van der Waals surface area contributed by atoms with Crippen molar-refractivity contribution in [2.75, 3.05) is 18.9 Å². The molecule has 0 bridgehead atoms. The third kappa shape index (κ3) is 9.74. The van der Waals surface area contributed by atoms with Crippen molar-refractivity contribution in [3.63, 3.8) is 0 Å². The molecule has 9 nitrogen and oxygen atoms in total. The summed E-state index contributed by atoms with van der Waals surface area (Å²) in [5.41, 5.74) is 5.30. The van der Waals surface area contributed by atoms with Crippen molar-refractivity contribution in [2.45, 2.75) is 38.3 Å². The predicted molar refractivity (Wildman–Crippen MR) is 84.9 cm³/mol. The molecule has 0 aliphatic heterocycles. The highest BCUT2D eigenvalue weighted by molar-refractivity contribution is 7.80. The minimum Gasteiger partial charge on any atom is -0.480 e. The van der Waals surface area contributed by atoms with Crippen LogP contribution in [0.2, 0.25) is 0 Å². The van der Waals surface area contributed by atoms with Crippen LogP contribution >= 0.6 is 12.6 Å². The molecule has 0 radical (unpaired) electrons. The van der Waals surface area contributed by atoms with E-state index in [0.717, 1.165) is 0 Å². The summed E-state index contributed by atoms with van der Waals surface area (Å²) in [6, 6.07) is -2.00. The van der Waals surface area contributed by atoms with Crippen LogP contribution in [0, 0.1) is 0 Å². The van der Waals surface area contributed by atoms with Gasteiger partial charge in [0, 0.05) is 6.42 Å².